The maximum atomic E-state index is 12.6. The third kappa shape index (κ3) is 11.0. The van der Waals surface area contributed by atoms with E-state index in [2.05, 4.69) is 17.5 Å². The number of rotatable bonds is 16. The molecule has 196 valence electrons. The minimum atomic E-state index is -0.622. The number of carbonyl (C=O) groups excluding carboxylic acids is 2. The van der Waals surface area contributed by atoms with Crippen LogP contribution < -0.4 is 14.9 Å². The molecule has 0 atom stereocenters. The smallest absolute Gasteiger partial charge is 0.345 e. The van der Waals surface area contributed by atoms with Gasteiger partial charge in [-0.3, -0.25) is 4.79 Å². The summed E-state index contributed by atoms with van der Waals surface area (Å²) in [5, 5.41) is 4.67. The van der Waals surface area contributed by atoms with Gasteiger partial charge in [0.1, 0.15) is 0 Å². The molecule has 0 unspecified atom stereocenters. The van der Waals surface area contributed by atoms with Gasteiger partial charge in [-0.15, -0.1) is 0 Å². The molecule has 6 nitrogen and oxygen atoms in total. The van der Waals surface area contributed by atoms with Crippen molar-refractivity contribution in [3.8, 4) is 11.5 Å². The van der Waals surface area contributed by atoms with Gasteiger partial charge in [0.15, 0.2) is 11.5 Å². The summed E-state index contributed by atoms with van der Waals surface area (Å²) in [5.41, 5.74) is 3.45. The van der Waals surface area contributed by atoms with E-state index in [1.165, 1.54) is 63.3 Å². The highest BCUT2D eigenvalue weighted by atomic mass is 35.5. The Morgan fingerprint density at radius 1 is 0.889 bits per heavy atom. The lowest BCUT2D eigenvalue weighted by Gasteiger charge is -2.12. The molecule has 1 amide bonds. The maximum Gasteiger partial charge on any atom is 0.345 e. The molecule has 2 aromatic carbocycles. The largest absolute Gasteiger partial charge is 0.490 e. The molecule has 8 heteroatoms. The van der Waals surface area contributed by atoms with E-state index in [0.717, 1.165) is 12.8 Å². The molecule has 0 radical (unpaired) electrons. The molecule has 0 aliphatic carbocycles. The molecule has 36 heavy (non-hydrogen) atoms. The van der Waals surface area contributed by atoms with Gasteiger partial charge in [-0.05, 0) is 55.3 Å². The van der Waals surface area contributed by atoms with Crippen molar-refractivity contribution in [1.29, 1.82) is 0 Å². The molecule has 0 saturated carbocycles. The van der Waals surface area contributed by atoms with Crippen LogP contribution in [0.4, 0.5) is 0 Å². The number of carbonyl (C=O) groups is 2. The number of ether oxygens (including phenoxy) is 2. The van der Waals surface area contributed by atoms with Crippen molar-refractivity contribution in [3.05, 3.63) is 57.6 Å². The first-order valence-corrected chi connectivity index (χ1v) is 13.5. The van der Waals surface area contributed by atoms with Crippen molar-refractivity contribution in [1.82, 2.24) is 5.43 Å². The molecule has 0 aliphatic heterocycles. The second-order valence-electron chi connectivity index (χ2n) is 8.52. The Morgan fingerprint density at radius 3 is 2.25 bits per heavy atom. The van der Waals surface area contributed by atoms with Gasteiger partial charge in [-0.1, -0.05) is 81.5 Å². The summed E-state index contributed by atoms with van der Waals surface area (Å²) in [7, 11) is 0. The zero-order valence-electron chi connectivity index (χ0n) is 21.2. The lowest BCUT2D eigenvalue weighted by Crippen LogP contribution is -2.16. The number of nitrogens with one attached hydrogen (secondary N) is 1. The highest BCUT2D eigenvalue weighted by Crippen LogP contribution is 2.30. The van der Waals surface area contributed by atoms with Crippen LogP contribution in [0.5, 0.6) is 11.5 Å². The minimum Gasteiger partial charge on any atom is -0.490 e. The van der Waals surface area contributed by atoms with Crippen LogP contribution in [-0.4, -0.2) is 24.7 Å². The van der Waals surface area contributed by atoms with Crippen LogP contribution in [-0.2, 0) is 4.79 Å². The molecule has 0 spiro atoms. The van der Waals surface area contributed by atoms with E-state index in [1.54, 1.807) is 24.3 Å². The van der Waals surface area contributed by atoms with Crippen LogP contribution >= 0.6 is 23.2 Å². The Balaban J connectivity index is 1.81. The fraction of sp³-hybridized carbons (Fsp3) is 0.464. The number of hydrogen-bond donors (Lipinski definition) is 1. The van der Waals surface area contributed by atoms with Gasteiger partial charge >= 0.3 is 5.97 Å². The highest BCUT2D eigenvalue weighted by molar-refractivity contribution is 6.36. The Labute approximate surface area is 224 Å². The molecule has 0 bridgehead atoms. The van der Waals surface area contributed by atoms with Crippen molar-refractivity contribution in [3.63, 3.8) is 0 Å². The van der Waals surface area contributed by atoms with Crippen LogP contribution in [0, 0.1) is 0 Å². The molecule has 0 aromatic heterocycles. The summed E-state index contributed by atoms with van der Waals surface area (Å²) in [6.45, 7) is 4.43. The van der Waals surface area contributed by atoms with Crippen LogP contribution in [0.15, 0.2) is 41.5 Å². The molecule has 2 rings (SSSR count). The summed E-state index contributed by atoms with van der Waals surface area (Å²) in [5.74, 6) is -0.104. The fourth-order valence-corrected chi connectivity index (χ4v) is 4.08. The van der Waals surface area contributed by atoms with Crippen molar-refractivity contribution in [2.24, 2.45) is 5.10 Å². The van der Waals surface area contributed by atoms with E-state index < -0.39 is 5.97 Å². The molecule has 0 aliphatic rings. The summed E-state index contributed by atoms with van der Waals surface area (Å²) >= 11 is 12.0. The average Bonchev–Trinajstić information content (AvgIpc) is 2.84. The van der Waals surface area contributed by atoms with Crippen LogP contribution in [0.3, 0.4) is 0 Å². The maximum absolute atomic E-state index is 12.6. The number of hydrazone groups is 1. The Bertz CT molecular complexity index is 1010. The third-order valence-electron chi connectivity index (χ3n) is 5.53. The summed E-state index contributed by atoms with van der Waals surface area (Å²) in [6.07, 6.45) is 12.8. The number of unbranched alkanes of at least 4 members (excludes halogenated alkanes) is 8. The summed E-state index contributed by atoms with van der Waals surface area (Å²) in [6, 6.07) is 9.56. The van der Waals surface area contributed by atoms with E-state index in [4.69, 9.17) is 32.7 Å². The van der Waals surface area contributed by atoms with E-state index in [1.807, 2.05) is 6.92 Å². The Hall–Kier alpha value is -2.57. The van der Waals surface area contributed by atoms with Gasteiger partial charge in [0.2, 0.25) is 5.91 Å². The molecule has 0 saturated heterocycles. The van der Waals surface area contributed by atoms with Gasteiger partial charge in [0.25, 0.3) is 0 Å². The van der Waals surface area contributed by atoms with Crippen molar-refractivity contribution < 1.29 is 19.1 Å². The fourth-order valence-electron chi connectivity index (χ4n) is 3.60. The molecular weight excluding hydrogens is 499 g/mol. The quantitative estimate of drug-likeness (QED) is 0.0777. The van der Waals surface area contributed by atoms with Gasteiger partial charge < -0.3 is 9.47 Å². The van der Waals surface area contributed by atoms with Gasteiger partial charge in [-0.25, -0.2) is 10.2 Å². The van der Waals surface area contributed by atoms with Crippen molar-refractivity contribution in [2.75, 3.05) is 6.61 Å². The van der Waals surface area contributed by atoms with Crippen LogP contribution in [0.1, 0.15) is 94.0 Å². The SMILES string of the molecule is CCCCCCCCCCCC(=O)NN=Cc1ccc(OC(=O)c2ccc(Cl)cc2Cl)c(OCC)c1. The van der Waals surface area contributed by atoms with Crippen LogP contribution in [0.25, 0.3) is 0 Å². The molecular formula is C28H36Cl2N2O4. The van der Waals surface area contributed by atoms with E-state index in [0.29, 0.717) is 29.4 Å². The zero-order chi connectivity index (χ0) is 26.2. The molecule has 0 heterocycles. The van der Waals surface area contributed by atoms with Gasteiger partial charge in [0, 0.05) is 11.4 Å². The van der Waals surface area contributed by atoms with Crippen molar-refractivity contribution in [2.45, 2.75) is 78.1 Å². The number of amides is 1. The summed E-state index contributed by atoms with van der Waals surface area (Å²) < 4.78 is 11.1. The standard InChI is InChI=1S/C28H36Cl2N2O4/c1-3-5-6-7-8-9-10-11-12-13-27(33)32-31-20-21-14-17-25(26(18-21)35-4-2)36-28(34)23-16-15-22(29)19-24(23)30/h14-20H,3-13H2,1-2H3,(H,32,33). The monoisotopic (exact) mass is 534 g/mol. The molecule has 2 aromatic rings. The van der Waals surface area contributed by atoms with Gasteiger partial charge in [0.05, 0.1) is 23.4 Å². The first-order chi connectivity index (χ1) is 17.4. The number of benzene rings is 2. The first kappa shape index (κ1) is 29.7. The number of nitrogens with zero attached hydrogens (tertiary/aromatic N) is 1. The zero-order valence-corrected chi connectivity index (χ0v) is 22.7. The van der Waals surface area contributed by atoms with Gasteiger partial charge in [-0.2, -0.15) is 5.10 Å². The van der Waals surface area contributed by atoms with Crippen molar-refractivity contribution >= 4 is 41.3 Å². The topological polar surface area (TPSA) is 77.0 Å². The lowest BCUT2D eigenvalue weighted by molar-refractivity contribution is -0.121. The second kappa shape index (κ2) is 17.0. The predicted molar refractivity (Wildman–Crippen MR) is 147 cm³/mol. The number of hydrogen-bond acceptors (Lipinski definition) is 5. The molecule has 1 N–H and O–H groups in total. The Morgan fingerprint density at radius 2 is 1.58 bits per heavy atom. The minimum absolute atomic E-state index is 0.107. The average molecular weight is 536 g/mol. The normalized spacial score (nSPS) is 11.0. The van der Waals surface area contributed by atoms with E-state index in [-0.39, 0.29) is 22.2 Å². The van der Waals surface area contributed by atoms with E-state index >= 15 is 0 Å². The number of halogens is 2. The second-order valence-corrected chi connectivity index (χ2v) is 9.37. The Kier molecular flexibility index (Phi) is 14.0. The highest BCUT2D eigenvalue weighted by Gasteiger charge is 2.16. The first-order valence-electron chi connectivity index (χ1n) is 12.7. The lowest BCUT2D eigenvalue weighted by atomic mass is 10.1. The summed E-state index contributed by atoms with van der Waals surface area (Å²) in [4.78, 5) is 24.6. The number of esters is 1. The third-order valence-corrected chi connectivity index (χ3v) is 6.08. The van der Waals surface area contributed by atoms with Crippen LogP contribution in [0.2, 0.25) is 10.0 Å². The molecule has 0 fully saturated rings. The van der Waals surface area contributed by atoms with E-state index in [9.17, 15) is 9.59 Å². The predicted octanol–water partition coefficient (Wildman–Crippen LogP) is 7.98.